The Morgan fingerprint density at radius 1 is 1.27 bits per heavy atom. The molecule has 2 aromatic rings. The standard InChI is InChI=1S/C13H17NS/c1-10(2)14-8-7-12-9-11-5-3-4-6-13(11)15-12/h3-6,9-10,14H,7-8H2,1-2H3. The highest BCUT2D eigenvalue weighted by Gasteiger charge is 2.00. The maximum absolute atomic E-state index is 3.44. The zero-order valence-electron chi connectivity index (χ0n) is 9.29. The van der Waals surface area contributed by atoms with Gasteiger partial charge in [0.1, 0.15) is 0 Å². The van der Waals surface area contributed by atoms with Crippen LogP contribution in [0.4, 0.5) is 0 Å². The van der Waals surface area contributed by atoms with Gasteiger partial charge in [-0.2, -0.15) is 0 Å². The normalized spacial score (nSPS) is 11.4. The van der Waals surface area contributed by atoms with E-state index in [9.17, 15) is 0 Å². The van der Waals surface area contributed by atoms with Gasteiger partial charge in [-0.1, -0.05) is 32.0 Å². The minimum absolute atomic E-state index is 0.583. The number of nitrogens with one attached hydrogen (secondary N) is 1. The molecule has 0 saturated heterocycles. The lowest BCUT2D eigenvalue weighted by atomic mass is 10.2. The fourth-order valence-corrected chi connectivity index (χ4v) is 2.71. The predicted octanol–water partition coefficient (Wildman–Crippen LogP) is 3.44. The molecule has 1 nitrogen and oxygen atoms in total. The summed E-state index contributed by atoms with van der Waals surface area (Å²) in [4.78, 5) is 1.48. The van der Waals surface area contributed by atoms with Crippen molar-refractivity contribution in [3.8, 4) is 0 Å². The van der Waals surface area contributed by atoms with E-state index in [1.165, 1.54) is 15.0 Å². The molecule has 1 heterocycles. The summed E-state index contributed by atoms with van der Waals surface area (Å²) in [5.41, 5.74) is 0. The summed E-state index contributed by atoms with van der Waals surface area (Å²) < 4.78 is 1.40. The van der Waals surface area contributed by atoms with E-state index >= 15 is 0 Å². The topological polar surface area (TPSA) is 12.0 Å². The molecule has 0 bridgehead atoms. The number of hydrogen-bond donors (Lipinski definition) is 1. The summed E-state index contributed by atoms with van der Waals surface area (Å²) in [5, 5.41) is 4.82. The molecule has 2 rings (SSSR count). The van der Waals surface area contributed by atoms with Crippen LogP contribution in [0.25, 0.3) is 10.1 Å². The van der Waals surface area contributed by atoms with Crippen molar-refractivity contribution in [2.24, 2.45) is 0 Å². The summed E-state index contributed by atoms with van der Waals surface area (Å²) in [6.07, 6.45) is 1.14. The van der Waals surface area contributed by atoms with Crippen LogP contribution in [-0.2, 0) is 6.42 Å². The van der Waals surface area contributed by atoms with Crippen molar-refractivity contribution in [3.05, 3.63) is 35.2 Å². The maximum Gasteiger partial charge on any atom is 0.0345 e. The molecule has 1 aromatic carbocycles. The van der Waals surface area contributed by atoms with Gasteiger partial charge in [0, 0.05) is 22.2 Å². The molecule has 0 radical (unpaired) electrons. The van der Waals surface area contributed by atoms with Crippen molar-refractivity contribution in [1.29, 1.82) is 0 Å². The first kappa shape index (κ1) is 10.7. The molecule has 0 aliphatic rings. The minimum atomic E-state index is 0.583. The second kappa shape index (κ2) is 4.77. The quantitative estimate of drug-likeness (QED) is 0.830. The average molecular weight is 219 g/mol. The van der Waals surface area contributed by atoms with Crippen LogP contribution < -0.4 is 5.32 Å². The van der Waals surface area contributed by atoms with Crippen LogP contribution in [0.1, 0.15) is 18.7 Å². The van der Waals surface area contributed by atoms with Gasteiger partial charge in [0.2, 0.25) is 0 Å². The highest BCUT2D eigenvalue weighted by atomic mass is 32.1. The van der Waals surface area contributed by atoms with Crippen molar-refractivity contribution in [1.82, 2.24) is 5.32 Å². The van der Waals surface area contributed by atoms with E-state index in [-0.39, 0.29) is 0 Å². The van der Waals surface area contributed by atoms with Gasteiger partial charge >= 0.3 is 0 Å². The third-order valence-electron chi connectivity index (χ3n) is 2.40. The largest absolute Gasteiger partial charge is 0.314 e. The van der Waals surface area contributed by atoms with E-state index in [0.717, 1.165) is 13.0 Å². The van der Waals surface area contributed by atoms with Gasteiger partial charge in [0.25, 0.3) is 0 Å². The smallest absolute Gasteiger partial charge is 0.0345 e. The van der Waals surface area contributed by atoms with Crippen LogP contribution in [0.15, 0.2) is 30.3 Å². The fraction of sp³-hybridized carbons (Fsp3) is 0.385. The molecule has 0 spiro atoms. The summed E-state index contributed by atoms with van der Waals surface area (Å²) in [6.45, 7) is 5.44. The summed E-state index contributed by atoms with van der Waals surface area (Å²) in [6, 6.07) is 11.5. The summed E-state index contributed by atoms with van der Waals surface area (Å²) in [7, 11) is 0. The Morgan fingerprint density at radius 2 is 2.07 bits per heavy atom. The molecule has 1 N–H and O–H groups in total. The second-order valence-corrected chi connectivity index (χ2v) is 5.28. The van der Waals surface area contributed by atoms with Crippen LogP contribution in [0.3, 0.4) is 0 Å². The number of benzene rings is 1. The molecule has 0 unspecified atom stereocenters. The molecule has 0 saturated carbocycles. The Labute approximate surface area is 95.1 Å². The van der Waals surface area contributed by atoms with Crippen molar-refractivity contribution >= 4 is 21.4 Å². The van der Waals surface area contributed by atoms with E-state index < -0.39 is 0 Å². The van der Waals surface area contributed by atoms with Crippen molar-refractivity contribution in [2.75, 3.05) is 6.54 Å². The number of thiophene rings is 1. The number of hydrogen-bond acceptors (Lipinski definition) is 2. The fourth-order valence-electron chi connectivity index (χ4n) is 1.64. The molecule has 0 fully saturated rings. The van der Waals surface area contributed by atoms with E-state index in [1.54, 1.807) is 0 Å². The molecule has 80 valence electrons. The molecule has 0 atom stereocenters. The SMILES string of the molecule is CC(C)NCCc1cc2ccccc2s1. The molecule has 2 heteroatoms. The lowest BCUT2D eigenvalue weighted by Gasteiger charge is -2.05. The first-order valence-corrected chi connectivity index (χ1v) is 6.28. The van der Waals surface area contributed by atoms with Crippen molar-refractivity contribution in [2.45, 2.75) is 26.3 Å². The molecule has 0 aliphatic carbocycles. The highest BCUT2D eigenvalue weighted by molar-refractivity contribution is 7.19. The molecular weight excluding hydrogens is 202 g/mol. The Hall–Kier alpha value is -0.860. The van der Waals surface area contributed by atoms with Crippen LogP contribution in [0.5, 0.6) is 0 Å². The molecule has 15 heavy (non-hydrogen) atoms. The van der Waals surface area contributed by atoms with Gasteiger partial charge in [-0.3, -0.25) is 0 Å². The Balaban J connectivity index is 2.03. The lowest BCUT2D eigenvalue weighted by molar-refractivity contribution is 0.592. The highest BCUT2D eigenvalue weighted by Crippen LogP contribution is 2.25. The predicted molar refractivity (Wildman–Crippen MR) is 68.7 cm³/mol. The van der Waals surface area contributed by atoms with Gasteiger partial charge in [0.15, 0.2) is 0 Å². The number of rotatable bonds is 4. The Kier molecular flexibility index (Phi) is 3.39. The monoisotopic (exact) mass is 219 g/mol. The van der Waals surface area contributed by atoms with Gasteiger partial charge < -0.3 is 5.32 Å². The van der Waals surface area contributed by atoms with Crippen LogP contribution in [0, 0.1) is 0 Å². The van der Waals surface area contributed by atoms with E-state index in [1.807, 2.05) is 11.3 Å². The van der Waals surface area contributed by atoms with E-state index in [0.29, 0.717) is 6.04 Å². The van der Waals surface area contributed by atoms with Crippen molar-refractivity contribution < 1.29 is 0 Å². The maximum atomic E-state index is 3.44. The van der Waals surface area contributed by atoms with Crippen LogP contribution in [0.2, 0.25) is 0 Å². The minimum Gasteiger partial charge on any atom is -0.314 e. The Morgan fingerprint density at radius 3 is 2.80 bits per heavy atom. The lowest BCUT2D eigenvalue weighted by Crippen LogP contribution is -2.24. The van der Waals surface area contributed by atoms with Crippen molar-refractivity contribution in [3.63, 3.8) is 0 Å². The first-order valence-electron chi connectivity index (χ1n) is 5.46. The third-order valence-corrected chi connectivity index (χ3v) is 3.58. The summed E-state index contributed by atoms with van der Waals surface area (Å²) in [5.74, 6) is 0. The zero-order chi connectivity index (χ0) is 10.7. The van der Waals surface area contributed by atoms with Gasteiger partial charge in [-0.15, -0.1) is 11.3 Å². The van der Waals surface area contributed by atoms with E-state index in [2.05, 4.69) is 49.5 Å². The Bertz CT molecular complexity index is 398. The van der Waals surface area contributed by atoms with Crippen LogP contribution in [-0.4, -0.2) is 12.6 Å². The van der Waals surface area contributed by atoms with Gasteiger partial charge in [0.05, 0.1) is 0 Å². The zero-order valence-corrected chi connectivity index (χ0v) is 10.1. The molecule has 0 aliphatic heterocycles. The second-order valence-electron chi connectivity index (χ2n) is 4.11. The van der Waals surface area contributed by atoms with Crippen LogP contribution >= 0.6 is 11.3 Å². The van der Waals surface area contributed by atoms with Gasteiger partial charge in [-0.05, 0) is 23.9 Å². The average Bonchev–Trinajstić information content (AvgIpc) is 2.59. The molecule has 0 amide bonds. The molecule has 1 aromatic heterocycles. The summed E-state index contributed by atoms with van der Waals surface area (Å²) >= 11 is 1.91. The molecular formula is C13H17NS. The van der Waals surface area contributed by atoms with Gasteiger partial charge in [-0.25, -0.2) is 0 Å². The number of fused-ring (bicyclic) bond motifs is 1. The van der Waals surface area contributed by atoms with E-state index in [4.69, 9.17) is 0 Å². The first-order chi connectivity index (χ1) is 7.25. The third kappa shape index (κ3) is 2.80.